The van der Waals surface area contributed by atoms with E-state index in [4.69, 9.17) is 12.2 Å². The van der Waals surface area contributed by atoms with Crippen LogP contribution in [-0.2, 0) is 0 Å². The number of benzene rings is 2. The lowest BCUT2D eigenvalue weighted by molar-refractivity contribution is 0.362. The van der Waals surface area contributed by atoms with Crippen molar-refractivity contribution in [3.05, 3.63) is 88.1 Å². The summed E-state index contributed by atoms with van der Waals surface area (Å²) < 4.78 is 28.6. The molecule has 27 heavy (non-hydrogen) atoms. The second-order valence-corrected chi connectivity index (χ2v) is 7.22. The van der Waals surface area contributed by atoms with Gasteiger partial charge in [0.2, 0.25) is 0 Å². The molecule has 2 aliphatic rings. The van der Waals surface area contributed by atoms with Crippen molar-refractivity contribution in [2.24, 2.45) is 0 Å². The van der Waals surface area contributed by atoms with Crippen molar-refractivity contribution in [3.63, 3.8) is 0 Å². The Morgan fingerprint density at radius 3 is 2.48 bits per heavy atom. The summed E-state index contributed by atoms with van der Waals surface area (Å²) in [5.74, 6) is -0.554. The van der Waals surface area contributed by atoms with Crippen molar-refractivity contribution in [2.75, 3.05) is 20.1 Å². The fraction of sp³-hybridized carbons (Fsp3) is 0.190. The zero-order chi connectivity index (χ0) is 19.0. The van der Waals surface area contributed by atoms with E-state index in [1.54, 1.807) is 30.3 Å². The first-order valence-corrected chi connectivity index (χ1v) is 9.13. The van der Waals surface area contributed by atoms with E-state index in [9.17, 15) is 8.78 Å². The maximum absolute atomic E-state index is 14.4. The summed E-state index contributed by atoms with van der Waals surface area (Å²) in [4.78, 5) is 2.12. The van der Waals surface area contributed by atoms with Gasteiger partial charge in [-0.15, -0.1) is 0 Å². The first kappa shape index (κ1) is 17.8. The van der Waals surface area contributed by atoms with Gasteiger partial charge in [0.05, 0.1) is 6.04 Å². The van der Waals surface area contributed by atoms with Gasteiger partial charge in [0.25, 0.3) is 0 Å². The molecule has 4 rings (SSSR count). The predicted octanol–water partition coefficient (Wildman–Crippen LogP) is 3.77. The SMILES string of the molecule is CN1CC2=C(NC(=S)NC2c2ccccc2F)/C(=C/c2ccccc2F)C1. The van der Waals surface area contributed by atoms with E-state index in [-0.39, 0.29) is 17.7 Å². The van der Waals surface area contributed by atoms with E-state index in [0.29, 0.717) is 29.3 Å². The molecule has 0 spiro atoms. The van der Waals surface area contributed by atoms with Crippen LogP contribution in [0.25, 0.3) is 6.08 Å². The van der Waals surface area contributed by atoms with Crippen molar-refractivity contribution in [1.82, 2.24) is 15.5 Å². The monoisotopic (exact) mass is 383 g/mol. The van der Waals surface area contributed by atoms with Crippen LogP contribution in [-0.4, -0.2) is 30.1 Å². The summed E-state index contributed by atoms with van der Waals surface area (Å²) in [7, 11) is 1.99. The molecule has 0 amide bonds. The molecule has 2 heterocycles. The number of hydrogen-bond acceptors (Lipinski definition) is 2. The smallest absolute Gasteiger partial charge is 0.171 e. The highest BCUT2D eigenvalue weighted by Crippen LogP contribution is 2.34. The van der Waals surface area contributed by atoms with Gasteiger partial charge in [-0.3, -0.25) is 4.90 Å². The van der Waals surface area contributed by atoms with Crippen LogP contribution < -0.4 is 10.6 Å². The Morgan fingerprint density at radius 1 is 1.04 bits per heavy atom. The quantitative estimate of drug-likeness (QED) is 0.772. The molecule has 1 unspecified atom stereocenters. The number of nitrogens with zero attached hydrogens (tertiary/aromatic N) is 1. The lowest BCUT2D eigenvalue weighted by Gasteiger charge is -2.39. The van der Waals surface area contributed by atoms with E-state index in [0.717, 1.165) is 16.8 Å². The Bertz CT molecular complexity index is 967. The molecule has 0 bridgehead atoms. The van der Waals surface area contributed by atoms with Gasteiger partial charge in [-0.2, -0.15) is 0 Å². The minimum Gasteiger partial charge on any atom is -0.352 e. The molecule has 0 saturated heterocycles. The van der Waals surface area contributed by atoms with E-state index in [2.05, 4.69) is 15.5 Å². The third kappa shape index (κ3) is 3.50. The van der Waals surface area contributed by atoms with Crippen LogP contribution in [0.4, 0.5) is 8.78 Å². The van der Waals surface area contributed by atoms with Crippen molar-refractivity contribution in [3.8, 4) is 0 Å². The van der Waals surface area contributed by atoms with Gasteiger partial charge in [-0.25, -0.2) is 8.78 Å². The molecular formula is C21H19F2N3S. The van der Waals surface area contributed by atoms with Gasteiger partial charge in [-0.1, -0.05) is 36.4 Å². The third-order valence-electron chi connectivity index (χ3n) is 4.84. The summed E-state index contributed by atoms with van der Waals surface area (Å²) >= 11 is 5.37. The van der Waals surface area contributed by atoms with Gasteiger partial charge in [-0.05, 0) is 48.6 Å². The number of halogens is 2. The highest BCUT2D eigenvalue weighted by Gasteiger charge is 2.33. The van der Waals surface area contributed by atoms with Gasteiger partial charge in [0.15, 0.2) is 5.11 Å². The molecule has 0 fully saturated rings. The third-order valence-corrected chi connectivity index (χ3v) is 5.06. The van der Waals surface area contributed by atoms with Gasteiger partial charge in [0.1, 0.15) is 11.6 Å². The molecule has 0 radical (unpaired) electrons. The Balaban J connectivity index is 1.84. The van der Waals surface area contributed by atoms with E-state index in [1.165, 1.54) is 12.1 Å². The lowest BCUT2D eigenvalue weighted by atomic mass is 9.89. The highest BCUT2D eigenvalue weighted by molar-refractivity contribution is 7.80. The lowest BCUT2D eigenvalue weighted by Crippen LogP contribution is -2.49. The van der Waals surface area contributed by atoms with E-state index in [1.807, 2.05) is 19.2 Å². The molecule has 138 valence electrons. The maximum Gasteiger partial charge on any atom is 0.171 e. The fourth-order valence-corrected chi connectivity index (χ4v) is 3.86. The molecule has 0 aromatic heterocycles. The van der Waals surface area contributed by atoms with Crippen molar-refractivity contribution in [2.45, 2.75) is 6.04 Å². The molecule has 1 atom stereocenters. The average Bonchev–Trinajstić information content (AvgIpc) is 2.64. The van der Waals surface area contributed by atoms with E-state index < -0.39 is 0 Å². The molecule has 6 heteroatoms. The summed E-state index contributed by atoms with van der Waals surface area (Å²) in [5, 5.41) is 6.83. The second-order valence-electron chi connectivity index (χ2n) is 6.82. The number of nitrogens with one attached hydrogen (secondary N) is 2. The largest absolute Gasteiger partial charge is 0.352 e. The Kier molecular flexibility index (Phi) is 4.76. The summed E-state index contributed by atoms with van der Waals surface area (Å²) in [6.45, 7) is 1.30. The predicted molar refractivity (Wildman–Crippen MR) is 107 cm³/mol. The molecule has 0 saturated carbocycles. The molecule has 0 aliphatic carbocycles. The van der Waals surface area contributed by atoms with Crippen molar-refractivity contribution in [1.29, 1.82) is 0 Å². The van der Waals surface area contributed by atoms with Crippen LogP contribution in [0.15, 0.2) is 65.4 Å². The minimum absolute atomic E-state index is 0.275. The minimum atomic E-state index is -0.360. The Morgan fingerprint density at radius 2 is 1.74 bits per heavy atom. The van der Waals surface area contributed by atoms with Crippen LogP contribution in [0.3, 0.4) is 0 Å². The summed E-state index contributed by atoms with van der Waals surface area (Å²) in [6, 6.07) is 13.0. The van der Waals surface area contributed by atoms with Gasteiger partial charge < -0.3 is 10.6 Å². The fourth-order valence-electron chi connectivity index (χ4n) is 3.64. The van der Waals surface area contributed by atoms with Crippen LogP contribution >= 0.6 is 12.2 Å². The number of rotatable bonds is 2. The molecular weight excluding hydrogens is 364 g/mol. The average molecular weight is 383 g/mol. The highest BCUT2D eigenvalue weighted by atomic mass is 32.1. The van der Waals surface area contributed by atoms with Gasteiger partial charge in [0, 0.05) is 29.9 Å². The maximum atomic E-state index is 14.4. The first-order chi connectivity index (χ1) is 13.0. The molecule has 2 aliphatic heterocycles. The topological polar surface area (TPSA) is 27.3 Å². The van der Waals surface area contributed by atoms with Gasteiger partial charge >= 0.3 is 0 Å². The Hall–Kier alpha value is -2.57. The van der Waals surface area contributed by atoms with Crippen LogP contribution in [0.5, 0.6) is 0 Å². The number of likely N-dealkylation sites (N-methyl/N-ethyl adjacent to an activating group) is 1. The zero-order valence-electron chi connectivity index (χ0n) is 14.8. The molecule has 2 N–H and O–H groups in total. The molecule has 3 nitrogen and oxygen atoms in total. The Labute approximate surface area is 162 Å². The summed E-state index contributed by atoms with van der Waals surface area (Å²) in [6.07, 6.45) is 1.83. The van der Waals surface area contributed by atoms with Crippen molar-refractivity contribution >= 4 is 23.4 Å². The van der Waals surface area contributed by atoms with Crippen LogP contribution in [0.1, 0.15) is 17.2 Å². The van der Waals surface area contributed by atoms with Crippen LogP contribution in [0.2, 0.25) is 0 Å². The first-order valence-electron chi connectivity index (χ1n) is 8.72. The second kappa shape index (κ2) is 7.21. The standard InChI is InChI=1S/C21H19F2N3S/c1-26-11-14(10-13-6-2-4-8-17(13)22)19-16(12-26)20(25-21(27)24-19)15-7-3-5-9-18(15)23/h2-10,20H,11-12H2,1H3,(H2,24,25,27)/b14-10+. The molecule has 2 aromatic carbocycles. The number of thiocarbonyl (C=S) groups is 1. The zero-order valence-corrected chi connectivity index (χ0v) is 15.6. The molecule has 2 aromatic rings. The number of hydrogen-bond donors (Lipinski definition) is 2. The van der Waals surface area contributed by atoms with Crippen LogP contribution in [0, 0.1) is 11.6 Å². The normalized spacial score (nSPS) is 21.7. The van der Waals surface area contributed by atoms with E-state index >= 15 is 0 Å². The van der Waals surface area contributed by atoms with Crippen molar-refractivity contribution < 1.29 is 8.78 Å². The summed E-state index contributed by atoms with van der Waals surface area (Å²) in [5.41, 5.74) is 3.84.